The third-order valence-corrected chi connectivity index (χ3v) is 6.08. The number of amides is 2. The second-order valence-corrected chi connectivity index (χ2v) is 8.32. The lowest BCUT2D eigenvalue weighted by Gasteiger charge is -2.19. The maximum absolute atomic E-state index is 13.5. The van der Waals surface area contributed by atoms with Crippen molar-refractivity contribution in [1.29, 1.82) is 0 Å². The van der Waals surface area contributed by atoms with Crippen LogP contribution in [0.2, 0.25) is 0 Å². The third kappa shape index (κ3) is 5.32. The van der Waals surface area contributed by atoms with Crippen LogP contribution in [0.25, 0.3) is 11.1 Å². The monoisotopic (exact) mass is 476 g/mol. The first kappa shape index (κ1) is 23.9. The SMILES string of the molecule is CC[C@H](CC(=O)Nc1cc(F)ccc1C(=O)O)NC(=O)OCC1c2ccccc2-c2ccccc21. The van der Waals surface area contributed by atoms with E-state index in [4.69, 9.17) is 4.74 Å². The molecule has 0 aromatic heterocycles. The van der Waals surface area contributed by atoms with Crippen LogP contribution >= 0.6 is 0 Å². The fourth-order valence-electron chi connectivity index (χ4n) is 4.34. The van der Waals surface area contributed by atoms with Crippen molar-refractivity contribution in [3.8, 4) is 11.1 Å². The minimum Gasteiger partial charge on any atom is -0.478 e. The first-order valence-electron chi connectivity index (χ1n) is 11.3. The summed E-state index contributed by atoms with van der Waals surface area (Å²) in [6.45, 7) is 1.94. The van der Waals surface area contributed by atoms with E-state index < -0.39 is 29.8 Å². The van der Waals surface area contributed by atoms with E-state index in [1.165, 1.54) is 0 Å². The van der Waals surface area contributed by atoms with Crippen LogP contribution in [-0.2, 0) is 9.53 Å². The summed E-state index contributed by atoms with van der Waals surface area (Å²) in [5, 5.41) is 14.3. The number of hydrogen-bond donors (Lipinski definition) is 3. The van der Waals surface area contributed by atoms with Gasteiger partial charge in [-0.2, -0.15) is 0 Å². The van der Waals surface area contributed by atoms with E-state index in [1.807, 2.05) is 48.5 Å². The van der Waals surface area contributed by atoms with Gasteiger partial charge in [0.25, 0.3) is 0 Å². The molecule has 1 atom stereocenters. The normalized spacial score (nSPS) is 12.9. The smallest absolute Gasteiger partial charge is 0.407 e. The summed E-state index contributed by atoms with van der Waals surface area (Å²) in [4.78, 5) is 36.3. The number of anilines is 1. The molecule has 180 valence electrons. The zero-order chi connectivity index (χ0) is 24.9. The number of aromatic carboxylic acids is 1. The number of alkyl carbamates (subject to hydrolysis) is 1. The molecule has 0 aliphatic heterocycles. The lowest BCUT2D eigenvalue weighted by atomic mass is 9.98. The number of rotatable bonds is 8. The van der Waals surface area contributed by atoms with Crippen molar-refractivity contribution in [3.05, 3.63) is 89.2 Å². The van der Waals surface area contributed by atoms with Gasteiger partial charge in [-0.15, -0.1) is 0 Å². The lowest BCUT2D eigenvalue weighted by molar-refractivity contribution is -0.116. The minimum atomic E-state index is -1.29. The van der Waals surface area contributed by atoms with Gasteiger partial charge in [0.1, 0.15) is 12.4 Å². The van der Waals surface area contributed by atoms with Crippen LogP contribution in [0.3, 0.4) is 0 Å². The zero-order valence-corrected chi connectivity index (χ0v) is 19.1. The molecule has 0 heterocycles. The van der Waals surface area contributed by atoms with Gasteiger partial charge < -0.3 is 20.5 Å². The molecule has 0 unspecified atom stereocenters. The van der Waals surface area contributed by atoms with Crippen molar-refractivity contribution in [2.75, 3.05) is 11.9 Å². The van der Waals surface area contributed by atoms with E-state index in [2.05, 4.69) is 10.6 Å². The quantitative estimate of drug-likeness (QED) is 0.416. The number of carbonyl (C=O) groups excluding carboxylic acids is 2. The molecule has 0 radical (unpaired) electrons. The van der Waals surface area contributed by atoms with Gasteiger partial charge in [-0.25, -0.2) is 14.0 Å². The van der Waals surface area contributed by atoms with Crippen LogP contribution in [0.15, 0.2) is 66.7 Å². The Balaban J connectivity index is 1.36. The summed E-state index contributed by atoms with van der Waals surface area (Å²) in [6.07, 6.45) is -0.341. The zero-order valence-electron chi connectivity index (χ0n) is 19.1. The number of carbonyl (C=O) groups is 3. The Bertz CT molecular complexity index is 1230. The highest BCUT2D eigenvalue weighted by Crippen LogP contribution is 2.44. The van der Waals surface area contributed by atoms with Gasteiger partial charge in [0.05, 0.1) is 11.3 Å². The molecule has 1 aliphatic carbocycles. The van der Waals surface area contributed by atoms with E-state index in [0.717, 1.165) is 40.5 Å². The molecular weight excluding hydrogens is 451 g/mol. The minimum absolute atomic E-state index is 0.0843. The molecule has 3 aromatic rings. The number of ether oxygens (including phenoxy) is 1. The summed E-state index contributed by atoms with van der Waals surface area (Å²) < 4.78 is 19.1. The molecule has 4 rings (SSSR count). The molecule has 2 amide bonds. The van der Waals surface area contributed by atoms with Gasteiger partial charge in [-0.1, -0.05) is 55.5 Å². The number of benzene rings is 3. The fourth-order valence-corrected chi connectivity index (χ4v) is 4.34. The van der Waals surface area contributed by atoms with E-state index in [9.17, 15) is 23.9 Å². The Morgan fingerprint density at radius 1 is 1.00 bits per heavy atom. The predicted octanol–water partition coefficient (Wildman–Crippen LogP) is 5.17. The Kier molecular flexibility index (Phi) is 7.10. The van der Waals surface area contributed by atoms with Gasteiger partial charge in [0.2, 0.25) is 5.91 Å². The van der Waals surface area contributed by atoms with Gasteiger partial charge in [0.15, 0.2) is 0 Å². The molecule has 35 heavy (non-hydrogen) atoms. The number of nitrogens with one attached hydrogen (secondary N) is 2. The highest BCUT2D eigenvalue weighted by molar-refractivity contribution is 6.00. The average molecular weight is 477 g/mol. The van der Waals surface area contributed by atoms with Crippen LogP contribution in [-0.4, -0.2) is 35.7 Å². The molecule has 3 N–H and O–H groups in total. The summed E-state index contributed by atoms with van der Waals surface area (Å²) in [6, 6.07) is 18.5. The molecule has 1 aliphatic rings. The highest BCUT2D eigenvalue weighted by atomic mass is 19.1. The van der Waals surface area contributed by atoms with Crippen LogP contribution in [0.4, 0.5) is 14.9 Å². The Morgan fingerprint density at radius 2 is 1.63 bits per heavy atom. The van der Waals surface area contributed by atoms with Gasteiger partial charge in [0, 0.05) is 18.4 Å². The van der Waals surface area contributed by atoms with Crippen LogP contribution in [0.1, 0.15) is 47.2 Å². The average Bonchev–Trinajstić information content (AvgIpc) is 3.16. The van der Waals surface area contributed by atoms with Crippen LogP contribution in [0, 0.1) is 5.82 Å². The summed E-state index contributed by atoms with van der Waals surface area (Å²) in [5.74, 6) is -2.60. The van der Waals surface area contributed by atoms with Crippen molar-refractivity contribution in [2.24, 2.45) is 0 Å². The number of carboxylic acid groups (broad SMARTS) is 1. The second kappa shape index (κ2) is 10.4. The summed E-state index contributed by atoms with van der Waals surface area (Å²) in [7, 11) is 0. The summed E-state index contributed by atoms with van der Waals surface area (Å²) >= 11 is 0. The van der Waals surface area contributed by atoms with Crippen molar-refractivity contribution in [1.82, 2.24) is 5.32 Å². The molecule has 7 nitrogen and oxygen atoms in total. The van der Waals surface area contributed by atoms with Crippen molar-refractivity contribution in [2.45, 2.75) is 31.7 Å². The molecule has 0 bridgehead atoms. The fraction of sp³-hybridized carbons (Fsp3) is 0.222. The molecule has 3 aromatic carbocycles. The van der Waals surface area contributed by atoms with E-state index in [1.54, 1.807) is 6.92 Å². The van der Waals surface area contributed by atoms with Crippen molar-refractivity contribution < 1.29 is 28.6 Å². The van der Waals surface area contributed by atoms with Gasteiger partial charge in [-0.05, 0) is 46.9 Å². The molecule has 0 saturated heterocycles. The Labute approximate surface area is 201 Å². The molecular formula is C27H25FN2O5. The Morgan fingerprint density at radius 3 is 2.23 bits per heavy atom. The standard InChI is InChI=1S/C27H25FN2O5/c1-2-17(14-25(31)30-24-13-16(28)11-12-22(24)26(32)33)29-27(34)35-15-23-20-9-5-3-7-18(20)19-8-4-6-10-21(19)23/h3-13,17,23H,2,14-15H2,1H3,(H,29,34)(H,30,31)(H,32,33)/t17-/m1/s1. The maximum atomic E-state index is 13.5. The summed E-state index contributed by atoms with van der Waals surface area (Å²) in [5.41, 5.74) is 4.07. The number of fused-ring (bicyclic) bond motifs is 3. The maximum Gasteiger partial charge on any atom is 0.407 e. The predicted molar refractivity (Wildman–Crippen MR) is 129 cm³/mol. The molecule has 0 saturated carbocycles. The van der Waals surface area contributed by atoms with Crippen molar-refractivity contribution >= 4 is 23.7 Å². The number of halogens is 1. The number of carboxylic acids is 1. The topological polar surface area (TPSA) is 105 Å². The third-order valence-electron chi connectivity index (χ3n) is 6.08. The van der Waals surface area contributed by atoms with Crippen LogP contribution in [0.5, 0.6) is 0 Å². The lowest BCUT2D eigenvalue weighted by Crippen LogP contribution is -2.38. The second-order valence-electron chi connectivity index (χ2n) is 8.32. The molecule has 0 fully saturated rings. The van der Waals surface area contributed by atoms with Crippen LogP contribution < -0.4 is 10.6 Å². The van der Waals surface area contributed by atoms with E-state index in [-0.39, 0.29) is 30.2 Å². The largest absolute Gasteiger partial charge is 0.478 e. The molecule has 8 heteroatoms. The van der Waals surface area contributed by atoms with Gasteiger partial charge >= 0.3 is 12.1 Å². The van der Waals surface area contributed by atoms with E-state index >= 15 is 0 Å². The first-order chi connectivity index (χ1) is 16.9. The Hall–Kier alpha value is -4.20. The number of hydrogen-bond acceptors (Lipinski definition) is 4. The van der Waals surface area contributed by atoms with E-state index in [0.29, 0.717) is 6.42 Å². The van der Waals surface area contributed by atoms with Crippen molar-refractivity contribution in [3.63, 3.8) is 0 Å². The first-order valence-corrected chi connectivity index (χ1v) is 11.3. The molecule has 0 spiro atoms. The van der Waals surface area contributed by atoms with Gasteiger partial charge in [-0.3, -0.25) is 4.79 Å². The highest BCUT2D eigenvalue weighted by Gasteiger charge is 2.29.